The molecule has 1 aromatic carbocycles. The van der Waals surface area contributed by atoms with Crippen LogP contribution in [-0.2, 0) is 4.79 Å². The Morgan fingerprint density at radius 1 is 1.44 bits per heavy atom. The van der Waals surface area contributed by atoms with E-state index in [1.54, 1.807) is 19.1 Å². The summed E-state index contributed by atoms with van der Waals surface area (Å²) in [5.41, 5.74) is 0.716. The van der Waals surface area contributed by atoms with Crippen LogP contribution in [0.5, 0.6) is 0 Å². The van der Waals surface area contributed by atoms with Gasteiger partial charge in [0.15, 0.2) is 11.9 Å². The Kier molecular flexibility index (Phi) is 4.43. The quantitative estimate of drug-likeness (QED) is 0.652. The number of carboxylic acids is 1. The molecule has 0 spiro atoms. The van der Waals surface area contributed by atoms with Crippen molar-refractivity contribution in [2.24, 2.45) is 0 Å². The van der Waals surface area contributed by atoms with Crippen LogP contribution in [0.4, 0.5) is 0 Å². The molecule has 0 heterocycles. The number of hydrogen-bond donors (Lipinski definition) is 2. The number of carbonyl (C=O) groups excluding carboxylic acids is 1. The minimum absolute atomic E-state index is 0.0659. The van der Waals surface area contributed by atoms with E-state index in [4.69, 9.17) is 5.11 Å². The van der Waals surface area contributed by atoms with Crippen molar-refractivity contribution in [2.75, 3.05) is 0 Å². The minimum Gasteiger partial charge on any atom is -0.479 e. The molecule has 1 aromatic rings. The molecule has 0 amide bonds. The van der Waals surface area contributed by atoms with Crippen molar-refractivity contribution < 1.29 is 19.8 Å². The van der Waals surface area contributed by atoms with Crippen molar-refractivity contribution in [3.05, 3.63) is 32.9 Å². The molecule has 0 saturated carbocycles. The van der Waals surface area contributed by atoms with E-state index >= 15 is 0 Å². The van der Waals surface area contributed by atoms with Gasteiger partial charge in [0.2, 0.25) is 0 Å². The summed E-state index contributed by atoms with van der Waals surface area (Å²) in [6, 6.07) is 4.71. The van der Waals surface area contributed by atoms with Gasteiger partial charge in [-0.05, 0) is 22.6 Å². The molecule has 1 atom stereocenters. The van der Waals surface area contributed by atoms with Gasteiger partial charge in [-0.2, -0.15) is 0 Å². The molecule has 0 aromatic heterocycles. The van der Waals surface area contributed by atoms with Crippen LogP contribution in [0.3, 0.4) is 0 Å². The molecule has 4 nitrogen and oxygen atoms in total. The maximum atomic E-state index is 11.5. The van der Waals surface area contributed by atoms with Crippen molar-refractivity contribution in [2.45, 2.75) is 19.4 Å². The highest BCUT2D eigenvalue weighted by atomic mass is 127. The second-order valence-electron chi connectivity index (χ2n) is 3.23. The second-order valence-corrected chi connectivity index (χ2v) is 4.31. The van der Waals surface area contributed by atoms with Crippen molar-refractivity contribution in [3.63, 3.8) is 0 Å². The number of carbonyl (C=O) groups is 2. The van der Waals surface area contributed by atoms with E-state index in [-0.39, 0.29) is 11.3 Å². The van der Waals surface area contributed by atoms with E-state index in [0.29, 0.717) is 15.6 Å². The highest BCUT2D eigenvalue weighted by molar-refractivity contribution is 14.1. The third kappa shape index (κ3) is 2.59. The molecule has 16 heavy (non-hydrogen) atoms. The Hall–Kier alpha value is -0.950. The van der Waals surface area contributed by atoms with Gasteiger partial charge >= 0.3 is 5.97 Å². The molecule has 1 rings (SSSR count). The van der Waals surface area contributed by atoms with Crippen LogP contribution in [0.15, 0.2) is 18.2 Å². The van der Waals surface area contributed by atoms with Crippen LogP contribution in [0, 0.1) is 3.57 Å². The summed E-state index contributed by atoms with van der Waals surface area (Å²) < 4.78 is 0.502. The SMILES string of the molecule is CCC(=O)c1cccc(C(O)C(=O)O)c1I. The lowest BCUT2D eigenvalue weighted by Gasteiger charge is -2.11. The average molecular weight is 334 g/mol. The van der Waals surface area contributed by atoms with Gasteiger partial charge < -0.3 is 10.2 Å². The maximum Gasteiger partial charge on any atom is 0.337 e. The fourth-order valence-corrected chi connectivity index (χ4v) is 2.26. The monoisotopic (exact) mass is 334 g/mol. The van der Waals surface area contributed by atoms with Crippen LogP contribution >= 0.6 is 22.6 Å². The number of halogens is 1. The van der Waals surface area contributed by atoms with Gasteiger partial charge in [0, 0.05) is 21.1 Å². The summed E-state index contributed by atoms with van der Waals surface area (Å²) >= 11 is 1.88. The van der Waals surface area contributed by atoms with Crippen molar-refractivity contribution in [3.8, 4) is 0 Å². The fourth-order valence-electron chi connectivity index (χ4n) is 1.30. The Labute approximate surface area is 106 Å². The topological polar surface area (TPSA) is 74.6 Å². The number of aliphatic hydroxyl groups is 1. The van der Waals surface area contributed by atoms with E-state index in [2.05, 4.69) is 0 Å². The van der Waals surface area contributed by atoms with Crippen LogP contribution in [0.1, 0.15) is 35.4 Å². The molecule has 0 aliphatic carbocycles. The smallest absolute Gasteiger partial charge is 0.337 e. The van der Waals surface area contributed by atoms with E-state index in [0.717, 1.165) is 0 Å². The number of aliphatic hydroxyl groups excluding tert-OH is 1. The van der Waals surface area contributed by atoms with E-state index in [1.807, 2.05) is 22.6 Å². The molecule has 0 fully saturated rings. The zero-order valence-electron chi connectivity index (χ0n) is 8.61. The minimum atomic E-state index is -1.59. The number of carboxylic acid groups (broad SMARTS) is 1. The van der Waals surface area contributed by atoms with Crippen molar-refractivity contribution in [1.82, 2.24) is 0 Å². The predicted octanol–water partition coefficient (Wildman–Crippen LogP) is 2.00. The first-order valence-corrected chi connectivity index (χ1v) is 5.79. The second kappa shape index (κ2) is 5.40. The molecule has 5 heteroatoms. The molecule has 0 saturated heterocycles. The summed E-state index contributed by atoms with van der Waals surface area (Å²) in [4.78, 5) is 22.2. The lowest BCUT2D eigenvalue weighted by atomic mass is 10.0. The van der Waals surface area contributed by atoms with Crippen LogP contribution in [-0.4, -0.2) is 22.0 Å². The molecule has 0 aliphatic heterocycles. The average Bonchev–Trinajstić information content (AvgIpc) is 2.27. The fraction of sp³-hybridized carbons (Fsp3) is 0.273. The first-order chi connectivity index (χ1) is 7.49. The van der Waals surface area contributed by atoms with Gasteiger partial charge in [0.1, 0.15) is 0 Å². The Balaban J connectivity index is 3.23. The van der Waals surface area contributed by atoms with E-state index in [1.165, 1.54) is 6.07 Å². The van der Waals surface area contributed by atoms with Gasteiger partial charge in [0.25, 0.3) is 0 Å². The van der Waals surface area contributed by atoms with E-state index < -0.39 is 12.1 Å². The summed E-state index contributed by atoms with van der Waals surface area (Å²) in [5.74, 6) is -1.39. The Bertz CT molecular complexity index is 428. The van der Waals surface area contributed by atoms with Gasteiger partial charge in [0.05, 0.1) is 0 Å². The number of ketones is 1. The van der Waals surface area contributed by atoms with Crippen LogP contribution in [0.2, 0.25) is 0 Å². The van der Waals surface area contributed by atoms with Crippen molar-refractivity contribution in [1.29, 1.82) is 0 Å². The first kappa shape index (κ1) is 13.1. The van der Waals surface area contributed by atoms with Gasteiger partial charge in [-0.3, -0.25) is 4.79 Å². The third-order valence-electron chi connectivity index (χ3n) is 2.18. The third-order valence-corrected chi connectivity index (χ3v) is 3.38. The van der Waals surface area contributed by atoms with Gasteiger partial charge in [-0.25, -0.2) is 4.79 Å². The van der Waals surface area contributed by atoms with E-state index in [9.17, 15) is 14.7 Å². The summed E-state index contributed by atoms with van der Waals surface area (Å²) in [7, 11) is 0. The van der Waals surface area contributed by atoms with Crippen LogP contribution in [0.25, 0.3) is 0 Å². The predicted molar refractivity (Wildman–Crippen MR) is 66.4 cm³/mol. The Morgan fingerprint density at radius 2 is 2.06 bits per heavy atom. The summed E-state index contributed by atoms with van der Waals surface area (Å²) in [5, 5.41) is 18.2. The number of benzene rings is 1. The zero-order chi connectivity index (χ0) is 12.3. The number of rotatable bonds is 4. The number of aliphatic carboxylic acids is 1. The molecule has 1 unspecified atom stereocenters. The van der Waals surface area contributed by atoms with Gasteiger partial charge in [-0.1, -0.05) is 25.1 Å². The first-order valence-electron chi connectivity index (χ1n) is 4.71. The molecule has 2 N–H and O–H groups in total. The molecule has 0 radical (unpaired) electrons. The summed E-state index contributed by atoms with van der Waals surface area (Å²) in [6.07, 6.45) is -1.24. The summed E-state index contributed by atoms with van der Waals surface area (Å²) in [6.45, 7) is 1.73. The maximum absolute atomic E-state index is 11.5. The normalized spacial score (nSPS) is 12.2. The lowest BCUT2D eigenvalue weighted by molar-refractivity contribution is -0.147. The number of Topliss-reactive ketones (excluding diaryl/α,β-unsaturated/α-hetero) is 1. The van der Waals surface area contributed by atoms with Crippen LogP contribution < -0.4 is 0 Å². The molecule has 0 bridgehead atoms. The highest BCUT2D eigenvalue weighted by Gasteiger charge is 2.21. The molecular weight excluding hydrogens is 323 g/mol. The molecular formula is C11H11IO4. The molecule has 0 aliphatic rings. The largest absolute Gasteiger partial charge is 0.479 e. The Morgan fingerprint density at radius 3 is 2.56 bits per heavy atom. The standard InChI is InChI=1S/C11H11IO4/c1-2-8(13)6-4-3-5-7(9(6)12)10(14)11(15)16/h3-5,10,14H,2H2,1H3,(H,15,16). The van der Waals surface area contributed by atoms with Crippen molar-refractivity contribution >= 4 is 34.3 Å². The lowest BCUT2D eigenvalue weighted by Crippen LogP contribution is -2.13. The zero-order valence-corrected chi connectivity index (χ0v) is 10.8. The molecule has 86 valence electrons. The highest BCUT2D eigenvalue weighted by Crippen LogP contribution is 2.24. The van der Waals surface area contributed by atoms with Gasteiger partial charge in [-0.15, -0.1) is 0 Å². The number of hydrogen-bond acceptors (Lipinski definition) is 3.